The standard InChI is InChI=1S/C22H21ClN4O2S/c1-13-9-17(11-20(23)19(13)12-30(4,28)29)18-10-16-6-5-14(2)24-21(16)25-22(18)27-8-7-15(3)26-27/h5-11H,2,12H2,1,3-4H3,(H,24,25). The number of benzene rings is 1. The van der Waals surface area contributed by atoms with Crippen LogP contribution in [0.15, 0.2) is 48.8 Å². The molecule has 8 heteroatoms. The van der Waals surface area contributed by atoms with Gasteiger partial charge in [0.1, 0.15) is 5.82 Å². The van der Waals surface area contributed by atoms with Crippen molar-refractivity contribution in [2.24, 2.45) is 0 Å². The molecule has 6 nitrogen and oxygen atoms in total. The number of aryl methyl sites for hydroxylation is 2. The topological polar surface area (TPSA) is 76.9 Å². The van der Waals surface area contributed by atoms with Crippen LogP contribution in [0.5, 0.6) is 0 Å². The molecule has 1 aliphatic heterocycles. The number of allylic oxidation sites excluding steroid dienone is 1. The average molecular weight is 441 g/mol. The van der Waals surface area contributed by atoms with Crippen LogP contribution < -0.4 is 5.32 Å². The molecule has 0 radical (unpaired) electrons. The molecule has 0 unspecified atom stereocenters. The number of hydrogen-bond donors (Lipinski definition) is 1. The number of sulfone groups is 1. The van der Waals surface area contributed by atoms with Crippen LogP contribution >= 0.6 is 11.6 Å². The minimum atomic E-state index is -3.20. The Hall–Kier alpha value is -2.90. The fourth-order valence-corrected chi connectivity index (χ4v) is 4.75. The second-order valence-corrected chi connectivity index (χ2v) is 10.1. The molecule has 1 aromatic carbocycles. The molecule has 0 atom stereocenters. The lowest BCUT2D eigenvalue weighted by Gasteiger charge is -2.19. The van der Waals surface area contributed by atoms with Gasteiger partial charge in [-0.05, 0) is 60.9 Å². The number of nitrogens with one attached hydrogen (secondary N) is 1. The minimum absolute atomic E-state index is 0.0969. The van der Waals surface area contributed by atoms with Crippen molar-refractivity contribution in [3.63, 3.8) is 0 Å². The molecule has 4 rings (SSSR count). The van der Waals surface area contributed by atoms with E-state index in [9.17, 15) is 8.42 Å². The van der Waals surface area contributed by atoms with E-state index >= 15 is 0 Å². The normalized spacial score (nSPS) is 13.3. The first kappa shape index (κ1) is 20.4. The molecule has 0 bridgehead atoms. The number of rotatable bonds is 4. The monoisotopic (exact) mass is 440 g/mol. The molecule has 3 heterocycles. The van der Waals surface area contributed by atoms with E-state index in [1.54, 1.807) is 10.7 Å². The van der Waals surface area contributed by atoms with Gasteiger partial charge in [0.15, 0.2) is 15.7 Å². The summed E-state index contributed by atoms with van der Waals surface area (Å²) in [6.07, 6.45) is 6.90. The highest BCUT2D eigenvalue weighted by Crippen LogP contribution is 2.36. The minimum Gasteiger partial charge on any atom is -0.340 e. The summed E-state index contributed by atoms with van der Waals surface area (Å²) in [5.41, 5.74) is 5.65. The summed E-state index contributed by atoms with van der Waals surface area (Å²) in [6.45, 7) is 7.72. The molecule has 1 aliphatic rings. The Balaban J connectivity index is 1.92. The molecule has 2 aromatic heterocycles. The van der Waals surface area contributed by atoms with Crippen molar-refractivity contribution in [1.82, 2.24) is 14.8 Å². The number of aromatic nitrogens is 3. The van der Waals surface area contributed by atoms with Gasteiger partial charge < -0.3 is 5.32 Å². The van der Waals surface area contributed by atoms with Gasteiger partial charge in [0.25, 0.3) is 0 Å². The van der Waals surface area contributed by atoms with Crippen LogP contribution in [0.2, 0.25) is 5.02 Å². The first-order valence-corrected chi connectivity index (χ1v) is 11.7. The third-order valence-corrected chi connectivity index (χ3v) is 6.00. The first-order chi connectivity index (χ1) is 14.1. The van der Waals surface area contributed by atoms with E-state index in [1.807, 2.05) is 50.4 Å². The van der Waals surface area contributed by atoms with Crippen LogP contribution in [-0.2, 0) is 15.6 Å². The zero-order valence-electron chi connectivity index (χ0n) is 16.9. The molecule has 0 saturated carbocycles. The molecule has 0 amide bonds. The van der Waals surface area contributed by atoms with Crippen molar-refractivity contribution in [3.05, 3.63) is 76.2 Å². The molecule has 154 valence electrons. The maximum absolute atomic E-state index is 11.8. The summed E-state index contributed by atoms with van der Waals surface area (Å²) in [6, 6.07) is 7.66. The van der Waals surface area contributed by atoms with Crippen LogP contribution in [0.3, 0.4) is 0 Å². The van der Waals surface area contributed by atoms with Gasteiger partial charge in [-0.2, -0.15) is 5.10 Å². The Morgan fingerprint density at radius 1 is 1.20 bits per heavy atom. The van der Waals surface area contributed by atoms with E-state index in [0.29, 0.717) is 22.2 Å². The molecule has 0 saturated heterocycles. The summed E-state index contributed by atoms with van der Waals surface area (Å²) in [7, 11) is -3.20. The van der Waals surface area contributed by atoms with E-state index in [1.165, 1.54) is 6.26 Å². The lowest BCUT2D eigenvalue weighted by Crippen LogP contribution is -2.10. The van der Waals surface area contributed by atoms with E-state index in [-0.39, 0.29) is 5.75 Å². The quantitative estimate of drug-likeness (QED) is 0.636. The number of pyridine rings is 1. The summed E-state index contributed by atoms with van der Waals surface area (Å²) < 4.78 is 25.3. The molecule has 0 spiro atoms. The van der Waals surface area contributed by atoms with Gasteiger partial charge in [0.2, 0.25) is 0 Å². The summed E-state index contributed by atoms with van der Waals surface area (Å²) in [4.78, 5) is 4.80. The second-order valence-electron chi connectivity index (χ2n) is 7.51. The Morgan fingerprint density at radius 3 is 2.60 bits per heavy atom. The second kappa shape index (κ2) is 7.41. The van der Waals surface area contributed by atoms with Crippen molar-refractivity contribution >= 4 is 33.3 Å². The molecular formula is C22H21ClN4O2S. The van der Waals surface area contributed by atoms with Crippen LogP contribution in [0, 0.1) is 13.8 Å². The Kier molecular flexibility index (Phi) is 5.03. The molecule has 3 aromatic rings. The predicted octanol–water partition coefficient (Wildman–Crippen LogP) is 4.70. The lowest BCUT2D eigenvalue weighted by molar-refractivity contribution is 0.601. The average Bonchev–Trinajstić information content (AvgIpc) is 3.09. The predicted molar refractivity (Wildman–Crippen MR) is 122 cm³/mol. The Labute approximate surface area is 180 Å². The van der Waals surface area contributed by atoms with Gasteiger partial charge in [0.05, 0.1) is 11.4 Å². The third kappa shape index (κ3) is 4.04. The summed E-state index contributed by atoms with van der Waals surface area (Å²) >= 11 is 6.51. The van der Waals surface area contributed by atoms with Crippen molar-refractivity contribution < 1.29 is 8.42 Å². The highest BCUT2D eigenvalue weighted by Gasteiger charge is 2.19. The fraction of sp³-hybridized carbons (Fsp3) is 0.182. The van der Waals surface area contributed by atoms with Crippen molar-refractivity contribution in [1.29, 1.82) is 0 Å². The molecule has 1 N–H and O–H groups in total. The Bertz CT molecular complexity index is 1300. The van der Waals surface area contributed by atoms with Crippen LogP contribution in [-0.4, -0.2) is 29.4 Å². The zero-order chi connectivity index (χ0) is 21.6. The summed E-state index contributed by atoms with van der Waals surface area (Å²) in [5.74, 6) is 1.25. The highest BCUT2D eigenvalue weighted by molar-refractivity contribution is 7.89. The van der Waals surface area contributed by atoms with E-state index in [2.05, 4.69) is 17.0 Å². The van der Waals surface area contributed by atoms with Gasteiger partial charge in [-0.3, -0.25) is 0 Å². The van der Waals surface area contributed by atoms with Crippen molar-refractivity contribution in [2.45, 2.75) is 19.6 Å². The first-order valence-electron chi connectivity index (χ1n) is 9.29. The lowest BCUT2D eigenvalue weighted by atomic mass is 9.98. The molecular weight excluding hydrogens is 420 g/mol. The smallest absolute Gasteiger partial charge is 0.163 e. The molecule has 0 aliphatic carbocycles. The fourth-order valence-electron chi connectivity index (χ4n) is 3.42. The van der Waals surface area contributed by atoms with E-state index in [0.717, 1.165) is 33.6 Å². The van der Waals surface area contributed by atoms with Crippen LogP contribution in [0.25, 0.3) is 23.0 Å². The van der Waals surface area contributed by atoms with Crippen molar-refractivity contribution in [3.8, 4) is 16.9 Å². The largest absolute Gasteiger partial charge is 0.340 e. The van der Waals surface area contributed by atoms with Crippen LogP contribution in [0.1, 0.15) is 22.4 Å². The molecule has 0 fully saturated rings. The maximum Gasteiger partial charge on any atom is 0.163 e. The number of halogens is 1. The Morgan fingerprint density at radius 2 is 1.97 bits per heavy atom. The third-order valence-electron chi connectivity index (χ3n) is 4.85. The van der Waals surface area contributed by atoms with E-state index < -0.39 is 9.84 Å². The SMILES string of the molecule is C=C1C=Cc2cc(-c3cc(C)c(CS(C)(=O)=O)c(Cl)c3)c(-n3ccc(C)n3)nc2N1. The molecule has 30 heavy (non-hydrogen) atoms. The van der Waals surface area contributed by atoms with Gasteiger partial charge in [0, 0.05) is 34.3 Å². The van der Waals surface area contributed by atoms with Crippen molar-refractivity contribution in [2.75, 3.05) is 11.6 Å². The van der Waals surface area contributed by atoms with Gasteiger partial charge in [-0.25, -0.2) is 18.1 Å². The maximum atomic E-state index is 11.8. The van der Waals surface area contributed by atoms with Gasteiger partial charge >= 0.3 is 0 Å². The number of anilines is 1. The highest BCUT2D eigenvalue weighted by atomic mass is 35.5. The number of hydrogen-bond acceptors (Lipinski definition) is 5. The number of fused-ring (bicyclic) bond motifs is 1. The van der Waals surface area contributed by atoms with Gasteiger partial charge in [-0.15, -0.1) is 0 Å². The zero-order valence-corrected chi connectivity index (χ0v) is 18.5. The van der Waals surface area contributed by atoms with E-state index in [4.69, 9.17) is 16.6 Å². The number of nitrogens with zero attached hydrogens (tertiary/aromatic N) is 3. The van der Waals surface area contributed by atoms with Gasteiger partial charge in [-0.1, -0.05) is 24.2 Å². The summed E-state index contributed by atoms with van der Waals surface area (Å²) in [5, 5.41) is 8.12. The van der Waals surface area contributed by atoms with Crippen LogP contribution in [0.4, 0.5) is 5.82 Å².